The molecule has 1 heterocycles. The second-order valence-corrected chi connectivity index (χ2v) is 5.64. The molecule has 0 amide bonds. The molecule has 1 N–H and O–H groups in total. The summed E-state index contributed by atoms with van der Waals surface area (Å²) >= 11 is 5.92. The molecule has 0 aliphatic carbocycles. The molecule has 2 nitrogen and oxygen atoms in total. The average molecular weight is 254 g/mol. The van der Waals surface area contributed by atoms with Gasteiger partial charge in [0.15, 0.2) is 0 Å². The normalized spacial score (nSPS) is 26.1. The second-order valence-electron chi connectivity index (χ2n) is 5.23. The highest BCUT2D eigenvalue weighted by atomic mass is 35.5. The van der Waals surface area contributed by atoms with E-state index in [0.29, 0.717) is 11.1 Å². The van der Waals surface area contributed by atoms with Crippen molar-refractivity contribution in [3.63, 3.8) is 0 Å². The zero-order valence-corrected chi connectivity index (χ0v) is 11.2. The zero-order chi connectivity index (χ0) is 12.4. The van der Waals surface area contributed by atoms with Crippen LogP contribution in [0, 0.1) is 5.92 Å². The van der Waals surface area contributed by atoms with Gasteiger partial charge in [-0.05, 0) is 49.9 Å². The van der Waals surface area contributed by atoms with E-state index in [2.05, 4.69) is 18.7 Å². The Kier molecular flexibility index (Phi) is 3.95. The summed E-state index contributed by atoms with van der Waals surface area (Å²) < 4.78 is 0. The van der Waals surface area contributed by atoms with Crippen molar-refractivity contribution in [3.05, 3.63) is 28.8 Å². The SMILES string of the molecule is CC1CCN(Cc2ccc(O)c(Cl)c2)C(C)C1. The van der Waals surface area contributed by atoms with Gasteiger partial charge in [0.05, 0.1) is 5.02 Å². The predicted octanol–water partition coefficient (Wildman–Crippen LogP) is 3.67. The lowest BCUT2D eigenvalue weighted by Crippen LogP contribution is -2.39. The van der Waals surface area contributed by atoms with E-state index >= 15 is 0 Å². The highest BCUT2D eigenvalue weighted by Crippen LogP contribution is 2.27. The number of piperidine rings is 1. The van der Waals surface area contributed by atoms with Crippen LogP contribution in [-0.2, 0) is 6.54 Å². The Hall–Kier alpha value is -0.730. The molecule has 1 aliphatic heterocycles. The zero-order valence-electron chi connectivity index (χ0n) is 10.5. The molecular formula is C14H20ClNO. The van der Waals surface area contributed by atoms with Crippen LogP contribution in [0.4, 0.5) is 0 Å². The smallest absolute Gasteiger partial charge is 0.134 e. The lowest BCUT2D eigenvalue weighted by Gasteiger charge is -2.36. The van der Waals surface area contributed by atoms with Gasteiger partial charge in [0.25, 0.3) is 0 Å². The molecule has 0 radical (unpaired) electrons. The standard InChI is InChI=1S/C14H20ClNO/c1-10-5-6-16(11(2)7-10)9-12-3-4-14(17)13(15)8-12/h3-4,8,10-11,17H,5-7,9H2,1-2H3. The third kappa shape index (κ3) is 3.14. The Morgan fingerprint density at radius 1 is 1.41 bits per heavy atom. The summed E-state index contributed by atoms with van der Waals surface area (Å²) in [7, 11) is 0. The molecule has 17 heavy (non-hydrogen) atoms. The molecule has 2 rings (SSSR count). The molecule has 1 fully saturated rings. The molecule has 0 bridgehead atoms. The average Bonchev–Trinajstić information content (AvgIpc) is 2.27. The van der Waals surface area contributed by atoms with Gasteiger partial charge in [-0.3, -0.25) is 4.90 Å². The van der Waals surface area contributed by atoms with Crippen molar-refractivity contribution in [3.8, 4) is 5.75 Å². The first-order valence-electron chi connectivity index (χ1n) is 6.27. The van der Waals surface area contributed by atoms with Crippen LogP contribution in [0.25, 0.3) is 0 Å². The van der Waals surface area contributed by atoms with E-state index in [-0.39, 0.29) is 5.75 Å². The Bertz CT molecular complexity index is 394. The molecule has 0 aromatic heterocycles. The number of rotatable bonds is 2. The van der Waals surface area contributed by atoms with E-state index in [1.807, 2.05) is 12.1 Å². The third-order valence-electron chi connectivity index (χ3n) is 3.67. The number of hydrogen-bond donors (Lipinski definition) is 1. The summed E-state index contributed by atoms with van der Waals surface area (Å²) in [5.41, 5.74) is 1.18. The summed E-state index contributed by atoms with van der Waals surface area (Å²) in [5.74, 6) is 1.00. The van der Waals surface area contributed by atoms with Crippen molar-refractivity contribution >= 4 is 11.6 Å². The van der Waals surface area contributed by atoms with E-state index in [1.165, 1.54) is 18.4 Å². The van der Waals surface area contributed by atoms with Gasteiger partial charge in [0.2, 0.25) is 0 Å². The van der Waals surface area contributed by atoms with Crippen molar-refractivity contribution in [1.29, 1.82) is 0 Å². The number of aromatic hydroxyl groups is 1. The van der Waals surface area contributed by atoms with Crippen molar-refractivity contribution in [1.82, 2.24) is 4.90 Å². The van der Waals surface area contributed by atoms with Crippen LogP contribution in [0.5, 0.6) is 5.75 Å². The first kappa shape index (κ1) is 12.7. The van der Waals surface area contributed by atoms with Gasteiger partial charge in [-0.25, -0.2) is 0 Å². The van der Waals surface area contributed by atoms with E-state index in [9.17, 15) is 5.11 Å². The number of benzene rings is 1. The first-order valence-corrected chi connectivity index (χ1v) is 6.65. The maximum atomic E-state index is 9.39. The topological polar surface area (TPSA) is 23.5 Å². The van der Waals surface area contributed by atoms with Gasteiger partial charge in [-0.15, -0.1) is 0 Å². The lowest BCUT2D eigenvalue weighted by molar-refractivity contribution is 0.122. The Morgan fingerprint density at radius 3 is 2.82 bits per heavy atom. The fraction of sp³-hybridized carbons (Fsp3) is 0.571. The molecule has 0 spiro atoms. The van der Waals surface area contributed by atoms with Crippen molar-refractivity contribution in [2.45, 2.75) is 39.3 Å². The van der Waals surface area contributed by atoms with Crippen molar-refractivity contribution < 1.29 is 5.11 Å². The molecule has 94 valence electrons. The second kappa shape index (κ2) is 5.28. The van der Waals surface area contributed by atoms with Crippen molar-refractivity contribution in [2.75, 3.05) is 6.54 Å². The van der Waals surface area contributed by atoms with Crippen LogP contribution in [0.2, 0.25) is 5.02 Å². The largest absolute Gasteiger partial charge is 0.506 e. The molecule has 1 aromatic rings. The lowest BCUT2D eigenvalue weighted by atomic mass is 9.93. The summed E-state index contributed by atoms with van der Waals surface area (Å²) in [4.78, 5) is 2.49. The molecule has 2 atom stereocenters. The van der Waals surface area contributed by atoms with Gasteiger partial charge in [0, 0.05) is 12.6 Å². The van der Waals surface area contributed by atoms with E-state index in [4.69, 9.17) is 11.6 Å². The fourth-order valence-electron chi connectivity index (χ4n) is 2.57. The molecular weight excluding hydrogens is 234 g/mol. The molecule has 2 unspecified atom stereocenters. The number of halogens is 1. The van der Waals surface area contributed by atoms with Gasteiger partial charge < -0.3 is 5.11 Å². The fourth-order valence-corrected chi connectivity index (χ4v) is 2.78. The number of nitrogens with zero attached hydrogens (tertiary/aromatic N) is 1. The summed E-state index contributed by atoms with van der Waals surface area (Å²) in [6, 6.07) is 6.12. The maximum Gasteiger partial charge on any atom is 0.134 e. The maximum absolute atomic E-state index is 9.39. The number of phenols is 1. The Labute approximate surface area is 108 Å². The van der Waals surface area contributed by atoms with E-state index in [0.717, 1.165) is 19.0 Å². The minimum atomic E-state index is 0.163. The van der Waals surface area contributed by atoms with Crippen LogP contribution in [-0.4, -0.2) is 22.6 Å². The monoisotopic (exact) mass is 253 g/mol. The summed E-state index contributed by atoms with van der Waals surface area (Å²) in [5, 5.41) is 9.84. The number of hydrogen-bond acceptors (Lipinski definition) is 2. The first-order chi connectivity index (χ1) is 8.06. The molecule has 3 heteroatoms. The third-order valence-corrected chi connectivity index (χ3v) is 3.98. The van der Waals surface area contributed by atoms with Crippen molar-refractivity contribution in [2.24, 2.45) is 5.92 Å². The van der Waals surface area contributed by atoms with Gasteiger partial charge in [0.1, 0.15) is 5.75 Å². The summed E-state index contributed by atoms with van der Waals surface area (Å²) in [6.45, 7) is 6.69. The van der Waals surface area contributed by atoms with E-state index < -0.39 is 0 Å². The Balaban J connectivity index is 2.02. The Morgan fingerprint density at radius 2 is 2.18 bits per heavy atom. The van der Waals surface area contributed by atoms with Gasteiger partial charge >= 0.3 is 0 Å². The van der Waals surface area contributed by atoms with Crippen LogP contribution in [0.1, 0.15) is 32.3 Å². The number of likely N-dealkylation sites (tertiary alicyclic amines) is 1. The van der Waals surface area contributed by atoms with Gasteiger partial charge in [-0.1, -0.05) is 24.6 Å². The minimum Gasteiger partial charge on any atom is -0.506 e. The number of phenolic OH excluding ortho intramolecular Hbond substituents is 1. The van der Waals surface area contributed by atoms with Gasteiger partial charge in [-0.2, -0.15) is 0 Å². The summed E-state index contributed by atoms with van der Waals surface area (Å²) in [6.07, 6.45) is 2.54. The van der Waals surface area contributed by atoms with Crippen LogP contribution < -0.4 is 0 Å². The highest BCUT2D eigenvalue weighted by molar-refractivity contribution is 6.32. The minimum absolute atomic E-state index is 0.163. The quantitative estimate of drug-likeness (QED) is 0.870. The van der Waals surface area contributed by atoms with Crippen LogP contribution in [0.3, 0.4) is 0 Å². The predicted molar refractivity (Wildman–Crippen MR) is 71.4 cm³/mol. The van der Waals surface area contributed by atoms with Crippen LogP contribution >= 0.6 is 11.6 Å². The molecule has 1 aliphatic rings. The molecule has 0 saturated carbocycles. The van der Waals surface area contributed by atoms with E-state index in [1.54, 1.807) is 6.07 Å². The molecule has 1 aromatic carbocycles. The van der Waals surface area contributed by atoms with Crippen LogP contribution in [0.15, 0.2) is 18.2 Å². The molecule has 1 saturated heterocycles. The highest BCUT2D eigenvalue weighted by Gasteiger charge is 2.22.